The molecule has 0 atom stereocenters. The van der Waals surface area contributed by atoms with Crippen molar-refractivity contribution < 1.29 is 19.1 Å². The second-order valence-corrected chi connectivity index (χ2v) is 5.33. The van der Waals surface area contributed by atoms with E-state index in [4.69, 9.17) is 9.47 Å². The highest BCUT2D eigenvalue weighted by Gasteiger charge is 2.32. The predicted octanol–water partition coefficient (Wildman–Crippen LogP) is 3.81. The summed E-state index contributed by atoms with van der Waals surface area (Å²) < 4.78 is 10.5. The Labute approximate surface area is 128 Å². The lowest BCUT2D eigenvalue weighted by molar-refractivity contribution is -0.149. The molecule has 0 aliphatic heterocycles. The van der Waals surface area contributed by atoms with Gasteiger partial charge in [0.05, 0.1) is 0 Å². The summed E-state index contributed by atoms with van der Waals surface area (Å²) in [4.78, 5) is 22.6. The Morgan fingerprint density at radius 1 is 0.905 bits per heavy atom. The van der Waals surface area contributed by atoms with Gasteiger partial charge >= 0.3 is 11.9 Å². The van der Waals surface area contributed by atoms with Crippen molar-refractivity contribution in [3.63, 3.8) is 0 Å². The topological polar surface area (TPSA) is 52.6 Å². The Kier molecular flexibility index (Phi) is 10.3. The highest BCUT2D eigenvalue weighted by Crippen LogP contribution is 2.32. The average molecular weight is 296 g/mol. The van der Waals surface area contributed by atoms with Gasteiger partial charge in [0.15, 0.2) is 0 Å². The van der Waals surface area contributed by atoms with Crippen LogP contribution in [0.1, 0.15) is 52.4 Å². The van der Waals surface area contributed by atoms with Gasteiger partial charge in [-0.15, -0.1) is 0 Å². The van der Waals surface area contributed by atoms with E-state index >= 15 is 0 Å². The van der Waals surface area contributed by atoms with Crippen molar-refractivity contribution in [3.05, 3.63) is 25.3 Å². The van der Waals surface area contributed by atoms with E-state index in [1.54, 1.807) is 0 Å². The zero-order chi connectivity index (χ0) is 16.1. The third kappa shape index (κ3) is 8.33. The molecule has 0 aliphatic rings. The van der Waals surface area contributed by atoms with Crippen LogP contribution in [-0.4, -0.2) is 25.2 Å². The molecule has 0 radical (unpaired) electrons. The van der Waals surface area contributed by atoms with E-state index in [0.29, 0.717) is 0 Å². The number of rotatable bonds is 12. The van der Waals surface area contributed by atoms with Crippen molar-refractivity contribution in [2.45, 2.75) is 52.4 Å². The van der Waals surface area contributed by atoms with Gasteiger partial charge in [0.2, 0.25) is 0 Å². The summed E-state index contributed by atoms with van der Waals surface area (Å²) in [7, 11) is 0. The number of esters is 2. The van der Waals surface area contributed by atoms with Gasteiger partial charge in [-0.3, -0.25) is 0 Å². The molecule has 4 heteroatoms. The molecule has 0 N–H and O–H groups in total. The van der Waals surface area contributed by atoms with Gasteiger partial charge in [-0.2, -0.15) is 0 Å². The van der Waals surface area contributed by atoms with Crippen LogP contribution in [-0.2, 0) is 19.1 Å². The molecule has 0 bridgehead atoms. The number of hydrogen-bond donors (Lipinski definition) is 0. The molecule has 0 saturated carbocycles. The lowest BCUT2D eigenvalue weighted by atomic mass is 9.80. The summed E-state index contributed by atoms with van der Waals surface area (Å²) in [6.45, 7) is 11.5. The Bertz CT molecular complexity index is 323. The van der Waals surface area contributed by atoms with Crippen LogP contribution >= 0.6 is 0 Å². The Balaban J connectivity index is 4.82. The van der Waals surface area contributed by atoms with Crippen molar-refractivity contribution in [2.24, 2.45) is 5.41 Å². The smallest absolute Gasteiger partial charge is 0.330 e. The molecule has 0 heterocycles. The first kappa shape index (κ1) is 19.4. The van der Waals surface area contributed by atoms with Crippen LogP contribution in [0.25, 0.3) is 0 Å². The molecule has 0 aliphatic carbocycles. The average Bonchev–Trinajstić information content (AvgIpc) is 2.50. The summed E-state index contributed by atoms with van der Waals surface area (Å²) in [5, 5.41) is 0. The van der Waals surface area contributed by atoms with Gasteiger partial charge in [0.25, 0.3) is 0 Å². The lowest BCUT2D eigenvalue weighted by Gasteiger charge is -2.32. The lowest BCUT2D eigenvalue weighted by Crippen LogP contribution is -2.34. The van der Waals surface area contributed by atoms with E-state index in [1.807, 2.05) is 0 Å². The molecular formula is C17H28O4. The highest BCUT2D eigenvalue weighted by molar-refractivity contribution is 5.81. The minimum atomic E-state index is -0.444. The fourth-order valence-electron chi connectivity index (χ4n) is 2.30. The van der Waals surface area contributed by atoms with E-state index < -0.39 is 11.9 Å². The van der Waals surface area contributed by atoms with E-state index in [9.17, 15) is 9.59 Å². The molecule has 0 aromatic heterocycles. The maximum Gasteiger partial charge on any atom is 0.330 e. The quantitative estimate of drug-likeness (QED) is 0.312. The van der Waals surface area contributed by atoms with Crippen LogP contribution in [0.15, 0.2) is 25.3 Å². The first-order chi connectivity index (χ1) is 10.0. The van der Waals surface area contributed by atoms with Gasteiger partial charge in [0.1, 0.15) is 13.2 Å². The summed E-state index contributed by atoms with van der Waals surface area (Å²) >= 11 is 0. The molecular weight excluding hydrogens is 268 g/mol. The number of carbonyl (C=O) groups excluding carboxylic acids is 2. The second-order valence-electron chi connectivity index (χ2n) is 5.33. The van der Waals surface area contributed by atoms with Gasteiger partial charge in [-0.25, -0.2) is 9.59 Å². The van der Waals surface area contributed by atoms with Crippen LogP contribution in [0.3, 0.4) is 0 Å². The molecule has 21 heavy (non-hydrogen) atoms. The molecule has 0 fully saturated rings. The number of carbonyl (C=O) groups is 2. The molecule has 4 nitrogen and oxygen atoms in total. The number of hydrogen-bond acceptors (Lipinski definition) is 4. The molecule has 0 spiro atoms. The standard InChI is InChI=1S/C17H28O4/c1-5-9-10-12-17(11-6-2,13-20-15(18)7-3)14-21-16(19)8-4/h7-8H,3-6,9-14H2,1-2H3. The summed E-state index contributed by atoms with van der Waals surface area (Å²) in [5.74, 6) is -0.887. The highest BCUT2D eigenvalue weighted by atomic mass is 16.5. The van der Waals surface area contributed by atoms with E-state index in [-0.39, 0.29) is 18.6 Å². The van der Waals surface area contributed by atoms with Crippen LogP contribution in [0.5, 0.6) is 0 Å². The minimum absolute atomic E-state index is 0.250. The largest absolute Gasteiger partial charge is 0.462 e. The first-order valence-electron chi connectivity index (χ1n) is 7.62. The molecule has 120 valence electrons. The van der Waals surface area contributed by atoms with Crippen molar-refractivity contribution >= 4 is 11.9 Å². The molecule has 0 aromatic rings. The SMILES string of the molecule is C=CC(=O)OCC(CCC)(CCCCC)COC(=O)C=C. The molecule has 0 aromatic carbocycles. The molecule has 0 amide bonds. The van der Waals surface area contributed by atoms with Crippen LogP contribution in [0.4, 0.5) is 0 Å². The third-order valence-electron chi connectivity index (χ3n) is 3.47. The third-order valence-corrected chi connectivity index (χ3v) is 3.47. The summed E-state index contributed by atoms with van der Waals surface area (Å²) in [6, 6.07) is 0. The maximum absolute atomic E-state index is 11.3. The zero-order valence-corrected chi connectivity index (χ0v) is 13.4. The van der Waals surface area contributed by atoms with Crippen molar-refractivity contribution in [2.75, 3.05) is 13.2 Å². The Hall–Kier alpha value is -1.58. The van der Waals surface area contributed by atoms with Crippen LogP contribution in [0.2, 0.25) is 0 Å². The van der Waals surface area contributed by atoms with Crippen molar-refractivity contribution in [1.29, 1.82) is 0 Å². The van der Waals surface area contributed by atoms with Gasteiger partial charge in [-0.1, -0.05) is 52.7 Å². The first-order valence-corrected chi connectivity index (χ1v) is 7.62. The molecule has 0 saturated heterocycles. The van der Waals surface area contributed by atoms with Gasteiger partial charge < -0.3 is 9.47 Å². The number of unbranched alkanes of at least 4 members (excludes halogenated alkanes) is 2. The summed E-state index contributed by atoms with van der Waals surface area (Å²) in [5.41, 5.74) is -0.318. The van der Waals surface area contributed by atoms with E-state index in [0.717, 1.165) is 50.7 Å². The fraction of sp³-hybridized carbons (Fsp3) is 0.647. The Morgan fingerprint density at radius 3 is 1.81 bits per heavy atom. The predicted molar refractivity (Wildman–Crippen MR) is 83.8 cm³/mol. The second kappa shape index (κ2) is 11.1. The van der Waals surface area contributed by atoms with Gasteiger partial charge in [-0.05, 0) is 12.8 Å². The molecule has 0 unspecified atom stereocenters. The van der Waals surface area contributed by atoms with Crippen molar-refractivity contribution in [3.8, 4) is 0 Å². The molecule has 0 rings (SSSR count). The van der Waals surface area contributed by atoms with Crippen LogP contribution in [0, 0.1) is 5.41 Å². The fourth-order valence-corrected chi connectivity index (χ4v) is 2.30. The Morgan fingerprint density at radius 2 is 1.43 bits per heavy atom. The van der Waals surface area contributed by atoms with Crippen LogP contribution < -0.4 is 0 Å². The maximum atomic E-state index is 11.3. The zero-order valence-electron chi connectivity index (χ0n) is 13.4. The van der Waals surface area contributed by atoms with E-state index in [1.165, 1.54) is 0 Å². The minimum Gasteiger partial charge on any atom is -0.462 e. The number of ether oxygens (including phenoxy) is 2. The summed E-state index contributed by atoms with van der Waals surface area (Å²) in [6.07, 6.45) is 8.18. The van der Waals surface area contributed by atoms with Gasteiger partial charge in [0, 0.05) is 17.6 Å². The monoisotopic (exact) mass is 296 g/mol. The normalized spacial score (nSPS) is 10.8. The van der Waals surface area contributed by atoms with E-state index in [2.05, 4.69) is 27.0 Å². The van der Waals surface area contributed by atoms with Crippen molar-refractivity contribution in [1.82, 2.24) is 0 Å².